The summed E-state index contributed by atoms with van der Waals surface area (Å²) >= 11 is 0. The van der Waals surface area contributed by atoms with Crippen LogP contribution in [-0.2, 0) is 6.42 Å². The largest absolute Gasteiger partial charge is 0.508 e. The van der Waals surface area contributed by atoms with Crippen molar-refractivity contribution in [3.05, 3.63) is 65.6 Å². The van der Waals surface area contributed by atoms with E-state index in [2.05, 4.69) is 25.9 Å². The summed E-state index contributed by atoms with van der Waals surface area (Å²) in [7, 11) is 0. The number of nitrogens with zero attached hydrogens (tertiary/aromatic N) is 1. The van der Waals surface area contributed by atoms with Gasteiger partial charge in [0.05, 0.1) is 0 Å². The van der Waals surface area contributed by atoms with Gasteiger partial charge in [-0.05, 0) is 61.4 Å². The lowest BCUT2D eigenvalue weighted by atomic mass is 10.1. The molecule has 1 aromatic heterocycles. The molecule has 5 N–H and O–H groups in total. The molecule has 9 heteroatoms. The number of halogens is 2. The molecule has 0 aliphatic rings. The SMILES string of the molecule is CCNC(=NCCc1c[nH]c2cc(F)ccc12)NCCNC(=O)c1ccc(O)cc1.I. The number of carbonyl (C=O) groups excluding carboxylic acids is 1. The number of aromatic hydroxyl groups is 1. The fraction of sp³-hybridized carbons (Fsp3) is 0.273. The monoisotopic (exact) mass is 539 g/mol. The first-order valence-electron chi connectivity index (χ1n) is 9.91. The molecular formula is C22H27FIN5O2. The smallest absolute Gasteiger partial charge is 0.251 e. The minimum Gasteiger partial charge on any atom is -0.508 e. The Morgan fingerprint density at radius 3 is 2.58 bits per heavy atom. The van der Waals surface area contributed by atoms with Gasteiger partial charge in [-0.1, -0.05) is 0 Å². The standard InChI is InChI=1S/C22H26FN5O2.HI/c1-2-24-22(27-12-11-25-21(30)15-3-6-18(29)7-4-15)26-10-9-16-14-28-20-13-17(23)5-8-19(16)20;/h3-8,13-14,28-29H,2,9-12H2,1H3,(H,25,30)(H2,24,26,27);1H. The normalized spacial score (nSPS) is 11.1. The van der Waals surface area contributed by atoms with E-state index in [1.54, 1.807) is 18.2 Å². The number of benzene rings is 2. The van der Waals surface area contributed by atoms with Crippen molar-refractivity contribution in [3.63, 3.8) is 0 Å². The second-order valence-electron chi connectivity index (χ2n) is 6.74. The Bertz CT molecular complexity index is 1020. The van der Waals surface area contributed by atoms with Gasteiger partial charge in [0.2, 0.25) is 0 Å². The summed E-state index contributed by atoms with van der Waals surface area (Å²) in [6.45, 7) is 4.22. The van der Waals surface area contributed by atoms with E-state index in [4.69, 9.17) is 0 Å². The van der Waals surface area contributed by atoms with Crippen LogP contribution in [0.5, 0.6) is 5.75 Å². The first kappa shape index (κ1) is 24.4. The topological polar surface area (TPSA) is 102 Å². The Morgan fingerprint density at radius 1 is 1.10 bits per heavy atom. The maximum atomic E-state index is 13.3. The Kier molecular flexibility index (Phi) is 9.57. The summed E-state index contributed by atoms with van der Waals surface area (Å²) < 4.78 is 13.3. The summed E-state index contributed by atoms with van der Waals surface area (Å²) in [4.78, 5) is 19.7. The third-order valence-electron chi connectivity index (χ3n) is 4.56. The van der Waals surface area contributed by atoms with E-state index >= 15 is 0 Å². The molecule has 0 radical (unpaired) electrons. The van der Waals surface area contributed by atoms with E-state index in [0.717, 1.165) is 29.4 Å². The number of hydrogen-bond donors (Lipinski definition) is 5. The molecule has 166 valence electrons. The molecule has 0 atom stereocenters. The van der Waals surface area contributed by atoms with Crippen molar-refractivity contribution in [2.75, 3.05) is 26.2 Å². The van der Waals surface area contributed by atoms with Gasteiger partial charge in [0.1, 0.15) is 11.6 Å². The van der Waals surface area contributed by atoms with Gasteiger partial charge in [0, 0.05) is 48.8 Å². The zero-order valence-corrected chi connectivity index (χ0v) is 19.6. The zero-order valence-electron chi connectivity index (χ0n) is 17.2. The molecule has 0 spiro atoms. The van der Waals surface area contributed by atoms with Gasteiger partial charge in [-0.3, -0.25) is 9.79 Å². The number of aromatic amines is 1. The predicted octanol–water partition coefficient (Wildman–Crippen LogP) is 3.16. The van der Waals surface area contributed by atoms with Crippen LogP contribution in [0.25, 0.3) is 10.9 Å². The molecule has 0 saturated carbocycles. The number of aromatic nitrogens is 1. The van der Waals surface area contributed by atoms with Crippen molar-refractivity contribution >= 4 is 46.7 Å². The number of H-pyrrole nitrogens is 1. The molecule has 0 aliphatic heterocycles. The molecule has 31 heavy (non-hydrogen) atoms. The summed E-state index contributed by atoms with van der Waals surface area (Å²) in [5.41, 5.74) is 2.36. The number of nitrogens with one attached hydrogen (secondary N) is 4. The molecule has 0 fully saturated rings. The maximum absolute atomic E-state index is 13.3. The molecular weight excluding hydrogens is 512 g/mol. The molecule has 7 nitrogen and oxygen atoms in total. The molecule has 0 saturated heterocycles. The van der Waals surface area contributed by atoms with Crippen LogP contribution in [0.3, 0.4) is 0 Å². The highest BCUT2D eigenvalue weighted by atomic mass is 127. The number of fused-ring (bicyclic) bond motifs is 1. The van der Waals surface area contributed by atoms with Gasteiger partial charge in [0.25, 0.3) is 5.91 Å². The molecule has 1 amide bonds. The number of amides is 1. The van der Waals surface area contributed by atoms with E-state index in [9.17, 15) is 14.3 Å². The van der Waals surface area contributed by atoms with Gasteiger partial charge in [-0.2, -0.15) is 0 Å². The highest BCUT2D eigenvalue weighted by molar-refractivity contribution is 14.0. The van der Waals surface area contributed by atoms with Crippen LogP contribution in [0, 0.1) is 5.82 Å². The summed E-state index contributed by atoms with van der Waals surface area (Å²) in [6, 6.07) is 10.8. The van der Waals surface area contributed by atoms with Gasteiger partial charge in [-0.15, -0.1) is 24.0 Å². The van der Waals surface area contributed by atoms with Gasteiger partial charge in [-0.25, -0.2) is 4.39 Å². The number of carbonyl (C=O) groups is 1. The van der Waals surface area contributed by atoms with Crippen LogP contribution in [0.15, 0.2) is 53.7 Å². The Labute approximate surface area is 197 Å². The number of phenolic OH excluding ortho intramolecular Hbond substituents is 1. The minimum absolute atomic E-state index is 0. The van der Waals surface area contributed by atoms with Gasteiger partial charge >= 0.3 is 0 Å². The third-order valence-corrected chi connectivity index (χ3v) is 4.56. The summed E-state index contributed by atoms with van der Waals surface area (Å²) in [5, 5.41) is 19.5. The van der Waals surface area contributed by atoms with E-state index < -0.39 is 0 Å². The van der Waals surface area contributed by atoms with Crippen molar-refractivity contribution in [2.24, 2.45) is 4.99 Å². The average molecular weight is 539 g/mol. The van der Waals surface area contributed by atoms with E-state index in [0.29, 0.717) is 31.2 Å². The molecule has 3 aromatic rings. The highest BCUT2D eigenvalue weighted by Crippen LogP contribution is 2.19. The summed E-state index contributed by atoms with van der Waals surface area (Å²) in [5.74, 6) is 0.335. The molecule has 1 heterocycles. The van der Waals surface area contributed by atoms with Crippen molar-refractivity contribution in [1.29, 1.82) is 0 Å². The Morgan fingerprint density at radius 2 is 1.84 bits per heavy atom. The molecule has 0 aliphatic carbocycles. The van der Waals surface area contributed by atoms with Crippen LogP contribution in [0.4, 0.5) is 4.39 Å². The van der Waals surface area contributed by atoms with Crippen molar-refractivity contribution < 1.29 is 14.3 Å². The molecule has 0 bridgehead atoms. The molecule has 2 aromatic carbocycles. The van der Waals surface area contributed by atoms with Crippen LogP contribution < -0.4 is 16.0 Å². The Hall–Kier alpha value is -2.82. The number of hydrogen-bond acceptors (Lipinski definition) is 3. The molecule has 0 unspecified atom stereocenters. The van der Waals surface area contributed by atoms with Crippen molar-refractivity contribution in [2.45, 2.75) is 13.3 Å². The van der Waals surface area contributed by atoms with E-state index in [1.165, 1.54) is 24.3 Å². The maximum Gasteiger partial charge on any atom is 0.251 e. The van der Waals surface area contributed by atoms with Crippen LogP contribution >= 0.6 is 24.0 Å². The second-order valence-corrected chi connectivity index (χ2v) is 6.74. The number of guanidine groups is 1. The van der Waals surface area contributed by atoms with E-state index in [1.807, 2.05) is 13.1 Å². The van der Waals surface area contributed by atoms with Crippen molar-refractivity contribution in [3.8, 4) is 5.75 Å². The zero-order chi connectivity index (χ0) is 21.3. The van der Waals surface area contributed by atoms with E-state index in [-0.39, 0.29) is 41.5 Å². The number of aliphatic imine (C=N–C) groups is 1. The van der Waals surface area contributed by atoms with Crippen molar-refractivity contribution in [1.82, 2.24) is 20.9 Å². The first-order valence-corrected chi connectivity index (χ1v) is 9.91. The van der Waals surface area contributed by atoms with Crippen LogP contribution in [0.2, 0.25) is 0 Å². The second kappa shape index (κ2) is 12.1. The average Bonchev–Trinajstić information content (AvgIpc) is 3.13. The Balaban J connectivity index is 0.00000341. The fourth-order valence-electron chi connectivity index (χ4n) is 3.07. The van der Waals surface area contributed by atoms with Gasteiger partial charge < -0.3 is 26.0 Å². The fourth-order valence-corrected chi connectivity index (χ4v) is 3.07. The van der Waals surface area contributed by atoms with Crippen LogP contribution in [-0.4, -0.2) is 48.1 Å². The predicted molar refractivity (Wildman–Crippen MR) is 132 cm³/mol. The lowest BCUT2D eigenvalue weighted by molar-refractivity contribution is 0.0954. The minimum atomic E-state index is -0.259. The summed E-state index contributed by atoms with van der Waals surface area (Å²) in [6.07, 6.45) is 2.61. The first-order chi connectivity index (χ1) is 14.6. The lowest BCUT2D eigenvalue weighted by Gasteiger charge is -2.12. The van der Waals surface area contributed by atoms with Crippen LogP contribution in [0.1, 0.15) is 22.8 Å². The molecule has 3 rings (SSSR count). The number of phenols is 1. The number of rotatable bonds is 8. The lowest BCUT2D eigenvalue weighted by Crippen LogP contribution is -2.41. The third kappa shape index (κ3) is 7.12. The quantitative estimate of drug-likeness (QED) is 0.131. The highest BCUT2D eigenvalue weighted by Gasteiger charge is 2.06. The van der Waals surface area contributed by atoms with Gasteiger partial charge in [0.15, 0.2) is 5.96 Å².